The number of hydrogen-bond acceptors (Lipinski definition) is 3. The first-order chi connectivity index (χ1) is 9.10. The van der Waals surface area contributed by atoms with Crippen LogP contribution in [0.25, 0.3) is 0 Å². The number of nitrogens with two attached hydrogens (primary N) is 1. The highest BCUT2D eigenvalue weighted by molar-refractivity contribution is 7.98. The molecule has 0 aliphatic heterocycles. The van der Waals surface area contributed by atoms with Gasteiger partial charge in [0.1, 0.15) is 0 Å². The number of benzene rings is 1. The van der Waals surface area contributed by atoms with Crippen LogP contribution in [0.5, 0.6) is 0 Å². The predicted molar refractivity (Wildman–Crippen MR) is 83.3 cm³/mol. The Balaban J connectivity index is 2.63. The lowest BCUT2D eigenvalue weighted by Gasteiger charge is -2.25. The maximum atomic E-state index is 12.3. The van der Waals surface area contributed by atoms with E-state index >= 15 is 0 Å². The number of carbonyl (C=O) groups excluding carboxylic acids is 1. The maximum absolute atomic E-state index is 12.3. The number of nitrogens with zero attached hydrogens (tertiary/aromatic N) is 1. The van der Waals surface area contributed by atoms with Crippen LogP contribution < -0.4 is 5.73 Å². The maximum Gasteiger partial charge on any atom is 0.226 e. The number of carbonyl (C=O) groups is 1. The van der Waals surface area contributed by atoms with E-state index in [0.29, 0.717) is 13.0 Å². The van der Waals surface area contributed by atoms with E-state index in [-0.39, 0.29) is 11.9 Å². The second-order valence-corrected chi connectivity index (χ2v) is 5.77. The number of hydrogen-bond donors (Lipinski definition) is 1. The van der Waals surface area contributed by atoms with Gasteiger partial charge in [-0.3, -0.25) is 4.79 Å². The van der Waals surface area contributed by atoms with Gasteiger partial charge in [-0.25, -0.2) is 0 Å². The van der Waals surface area contributed by atoms with E-state index in [9.17, 15) is 4.79 Å². The van der Waals surface area contributed by atoms with Crippen LogP contribution in [0.2, 0.25) is 0 Å². The Hall–Kier alpha value is -1.00. The van der Waals surface area contributed by atoms with Crippen LogP contribution in [0.4, 0.5) is 0 Å². The lowest BCUT2D eigenvalue weighted by molar-refractivity contribution is -0.130. The predicted octanol–water partition coefficient (Wildman–Crippen LogP) is 2.29. The van der Waals surface area contributed by atoms with Gasteiger partial charge in [0.05, 0.1) is 6.42 Å². The molecule has 0 spiro atoms. The van der Waals surface area contributed by atoms with Crippen LogP contribution in [0, 0.1) is 0 Å². The van der Waals surface area contributed by atoms with E-state index in [2.05, 4.69) is 13.2 Å². The molecule has 0 aromatic heterocycles. The van der Waals surface area contributed by atoms with Crippen molar-refractivity contribution in [3.05, 3.63) is 35.4 Å². The van der Waals surface area contributed by atoms with Gasteiger partial charge in [0, 0.05) is 19.6 Å². The first-order valence-electron chi connectivity index (χ1n) is 6.61. The molecule has 1 rings (SSSR count). The number of likely N-dealkylation sites (N-methyl/N-ethyl adjacent to an activating group) is 1. The second-order valence-electron chi connectivity index (χ2n) is 4.78. The Morgan fingerprint density at radius 1 is 1.37 bits per heavy atom. The van der Waals surface area contributed by atoms with Crippen LogP contribution in [0.15, 0.2) is 24.3 Å². The molecule has 0 radical (unpaired) electrons. The highest BCUT2D eigenvalue weighted by Gasteiger charge is 2.16. The van der Waals surface area contributed by atoms with Crippen molar-refractivity contribution >= 4 is 17.7 Å². The summed E-state index contributed by atoms with van der Waals surface area (Å²) in [5, 5.41) is 0. The summed E-state index contributed by atoms with van der Waals surface area (Å²) in [7, 11) is 1.89. The first kappa shape index (κ1) is 16.1. The molecule has 2 N–H and O–H groups in total. The molecule has 1 aromatic rings. The normalized spacial score (nSPS) is 12.2. The summed E-state index contributed by atoms with van der Waals surface area (Å²) in [6, 6.07) is 8.17. The third kappa shape index (κ3) is 4.88. The monoisotopic (exact) mass is 280 g/mol. The highest BCUT2D eigenvalue weighted by atomic mass is 32.2. The zero-order valence-corrected chi connectivity index (χ0v) is 12.9. The molecule has 1 atom stereocenters. The quantitative estimate of drug-likeness (QED) is 0.833. The van der Waals surface area contributed by atoms with Crippen molar-refractivity contribution in [3.63, 3.8) is 0 Å². The van der Waals surface area contributed by atoms with Crippen LogP contribution in [-0.2, 0) is 17.8 Å². The fraction of sp³-hybridized carbons (Fsp3) is 0.533. The molecule has 3 nitrogen and oxygen atoms in total. The molecule has 0 saturated heterocycles. The average Bonchev–Trinajstić information content (AvgIpc) is 2.44. The molecule has 4 heteroatoms. The van der Waals surface area contributed by atoms with Gasteiger partial charge in [-0.05, 0) is 36.5 Å². The molecule has 0 aliphatic rings. The van der Waals surface area contributed by atoms with E-state index in [1.165, 1.54) is 0 Å². The molecule has 106 valence electrons. The number of rotatable bonds is 7. The Labute approximate surface area is 120 Å². The summed E-state index contributed by atoms with van der Waals surface area (Å²) >= 11 is 1.81. The van der Waals surface area contributed by atoms with Crippen molar-refractivity contribution in [2.75, 3.05) is 19.1 Å². The van der Waals surface area contributed by atoms with E-state index in [1.54, 1.807) is 0 Å². The summed E-state index contributed by atoms with van der Waals surface area (Å²) in [6.45, 7) is 2.58. The molecular weight excluding hydrogens is 256 g/mol. The zero-order chi connectivity index (χ0) is 14.3. The number of amides is 1. The average molecular weight is 280 g/mol. The molecular formula is C15H24N2OS. The van der Waals surface area contributed by atoms with E-state index in [1.807, 2.05) is 48.0 Å². The molecule has 0 heterocycles. The van der Waals surface area contributed by atoms with Gasteiger partial charge in [-0.1, -0.05) is 24.3 Å². The van der Waals surface area contributed by atoms with Crippen LogP contribution in [0.3, 0.4) is 0 Å². The van der Waals surface area contributed by atoms with Crippen molar-refractivity contribution in [3.8, 4) is 0 Å². The molecule has 0 aliphatic carbocycles. The Kier molecular flexibility index (Phi) is 6.95. The largest absolute Gasteiger partial charge is 0.343 e. The van der Waals surface area contributed by atoms with Gasteiger partial charge in [-0.2, -0.15) is 11.8 Å². The lowest BCUT2D eigenvalue weighted by Crippen LogP contribution is -2.36. The molecule has 0 bridgehead atoms. The topological polar surface area (TPSA) is 46.3 Å². The van der Waals surface area contributed by atoms with Crippen molar-refractivity contribution in [2.45, 2.75) is 32.4 Å². The van der Waals surface area contributed by atoms with E-state index in [4.69, 9.17) is 5.73 Å². The summed E-state index contributed by atoms with van der Waals surface area (Å²) in [6.07, 6.45) is 3.56. The van der Waals surface area contributed by atoms with E-state index in [0.717, 1.165) is 23.3 Å². The van der Waals surface area contributed by atoms with Gasteiger partial charge in [0.25, 0.3) is 0 Å². The molecule has 0 saturated carbocycles. The lowest BCUT2D eigenvalue weighted by atomic mass is 10.0. The minimum Gasteiger partial charge on any atom is -0.343 e. The summed E-state index contributed by atoms with van der Waals surface area (Å²) in [4.78, 5) is 14.1. The third-order valence-corrected chi connectivity index (χ3v) is 4.12. The smallest absolute Gasteiger partial charge is 0.226 e. The SMILES string of the molecule is CSCCC(C)N(C)C(=O)Cc1ccccc1CN. The minimum absolute atomic E-state index is 0.162. The Bertz CT molecular complexity index is 409. The van der Waals surface area contributed by atoms with Crippen molar-refractivity contribution in [2.24, 2.45) is 5.73 Å². The highest BCUT2D eigenvalue weighted by Crippen LogP contribution is 2.12. The van der Waals surface area contributed by atoms with E-state index < -0.39 is 0 Å². The van der Waals surface area contributed by atoms with Gasteiger partial charge >= 0.3 is 0 Å². The van der Waals surface area contributed by atoms with Crippen molar-refractivity contribution < 1.29 is 4.79 Å². The summed E-state index contributed by atoms with van der Waals surface area (Å²) in [5.41, 5.74) is 7.80. The summed E-state index contributed by atoms with van der Waals surface area (Å²) < 4.78 is 0. The molecule has 19 heavy (non-hydrogen) atoms. The third-order valence-electron chi connectivity index (χ3n) is 3.47. The standard InChI is InChI=1S/C15H24N2OS/c1-12(8-9-19-3)17(2)15(18)10-13-6-4-5-7-14(13)11-16/h4-7,12H,8-11,16H2,1-3H3. The fourth-order valence-electron chi connectivity index (χ4n) is 1.94. The van der Waals surface area contributed by atoms with Gasteiger partial charge in [0.2, 0.25) is 5.91 Å². The first-order valence-corrected chi connectivity index (χ1v) is 8.01. The van der Waals surface area contributed by atoms with Crippen LogP contribution >= 0.6 is 11.8 Å². The fourth-order valence-corrected chi connectivity index (χ4v) is 2.52. The second kappa shape index (κ2) is 8.23. The minimum atomic E-state index is 0.162. The van der Waals surface area contributed by atoms with Crippen LogP contribution in [-0.4, -0.2) is 35.9 Å². The molecule has 1 unspecified atom stereocenters. The molecule has 1 aromatic carbocycles. The molecule has 1 amide bonds. The van der Waals surface area contributed by atoms with Gasteiger partial charge in [0.15, 0.2) is 0 Å². The van der Waals surface area contributed by atoms with Crippen molar-refractivity contribution in [1.29, 1.82) is 0 Å². The molecule has 0 fully saturated rings. The Morgan fingerprint density at radius 3 is 2.58 bits per heavy atom. The summed E-state index contributed by atoms with van der Waals surface area (Å²) in [5.74, 6) is 1.24. The zero-order valence-electron chi connectivity index (χ0n) is 12.1. The van der Waals surface area contributed by atoms with Gasteiger partial charge < -0.3 is 10.6 Å². The van der Waals surface area contributed by atoms with Crippen LogP contribution in [0.1, 0.15) is 24.5 Å². The van der Waals surface area contributed by atoms with Gasteiger partial charge in [-0.15, -0.1) is 0 Å². The number of thioether (sulfide) groups is 1. The Morgan fingerprint density at radius 2 is 2.00 bits per heavy atom. The van der Waals surface area contributed by atoms with Crippen molar-refractivity contribution in [1.82, 2.24) is 4.90 Å².